The predicted octanol–water partition coefficient (Wildman–Crippen LogP) is 3.89. The molecule has 1 fully saturated rings. The average Bonchev–Trinajstić information content (AvgIpc) is 3.21. The van der Waals surface area contributed by atoms with Crippen LogP contribution in [0.5, 0.6) is 11.6 Å². The van der Waals surface area contributed by atoms with Crippen LogP contribution >= 0.6 is 24.0 Å². The number of benzene rings is 1. The van der Waals surface area contributed by atoms with E-state index < -0.39 is 0 Å². The highest BCUT2D eigenvalue weighted by atomic mass is 127. The van der Waals surface area contributed by atoms with Crippen LogP contribution in [-0.4, -0.2) is 31.2 Å². The molecule has 0 unspecified atom stereocenters. The number of guanidine groups is 1. The van der Waals surface area contributed by atoms with Crippen molar-refractivity contribution in [2.75, 3.05) is 14.2 Å². The lowest BCUT2D eigenvalue weighted by atomic mass is 10.2. The summed E-state index contributed by atoms with van der Waals surface area (Å²) in [6.07, 6.45) is 6.87. The first-order chi connectivity index (χ1) is 13.3. The Morgan fingerprint density at radius 3 is 2.64 bits per heavy atom. The fourth-order valence-corrected chi connectivity index (χ4v) is 3.24. The second kappa shape index (κ2) is 11.7. The zero-order valence-corrected chi connectivity index (χ0v) is 18.8. The van der Waals surface area contributed by atoms with Crippen molar-refractivity contribution in [3.8, 4) is 11.6 Å². The number of pyridine rings is 1. The molecule has 0 saturated heterocycles. The molecule has 0 aliphatic heterocycles. The number of methoxy groups -OCH3 is 1. The van der Waals surface area contributed by atoms with Crippen LogP contribution < -0.4 is 20.1 Å². The van der Waals surface area contributed by atoms with Gasteiger partial charge < -0.3 is 20.1 Å². The Kier molecular flexibility index (Phi) is 9.33. The number of hydrogen-bond acceptors (Lipinski definition) is 4. The van der Waals surface area contributed by atoms with Crippen molar-refractivity contribution >= 4 is 29.9 Å². The molecule has 6 nitrogen and oxygen atoms in total. The van der Waals surface area contributed by atoms with E-state index in [1.807, 2.05) is 36.4 Å². The van der Waals surface area contributed by atoms with Gasteiger partial charge in [0.1, 0.15) is 11.9 Å². The molecule has 152 valence electrons. The van der Waals surface area contributed by atoms with Crippen LogP contribution in [0.1, 0.15) is 36.8 Å². The Morgan fingerprint density at radius 1 is 1.14 bits per heavy atom. The summed E-state index contributed by atoms with van der Waals surface area (Å²) in [7, 11) is 3.44. The van der Waals surface area contributed by atoms with Gasteiger partial charge in [-0.2, -0.15) is 0 Å². The second-order valence-electron chi connectivity index (χ2n) is 6.62. The van der Waals surface area contributed by atoms with Crippen molar-refractivity contribution < 1.29 is 9.47 Å². The van der Waals surface area contributed by atoms with Crippen LogP contribution in [-0.2, 0) is 13.1 Å². The van der Waals surface area contributed by atoms with Gasteiger partial charge in [-0.1, -0.05) is 18.2 Å². The summed E-state index contributed by atoms with van der Waals surface area (Å²) < 4.78 is 11.4. The third-order valence-corrected chi connectivity index (χ3v) is 4.71. The van der Waals surface area contributed by atoms with Crippen LogP contribution in [0.2, 0.25) is 0 Å². The van der Waals surface area contributed by atoms with E-state index >= 15 is 0 Å². The van der Waals surface area contributed by atoms with Gasteiger partial charge in [0.25, 0.3) is 0 Å². The average molecular weight is 496 g/mol. The van der Waals surface area contributed by atoms with E-state index in [0.29, 0.717) is 25.1 Å². The summed E-state index contributed by atoms with van der Waals surface area (Å²) in [5.41, 5.74) is 2.19. The van der Waals surface area contributed by atoms with E-state index in [9.17, 15) is 0 Å². The summed E-state index contributed by atoms with van der Waals surface area (Å²) in [6.45, 7) is 1.28. The van der Waals surface area contributed by atoms with Gasteiger partial charge in [-0.15, -0.1) is 24.0 Å². The molecular formula is C21H29IN4O2. The summed E-state index contributed by atoms with van der Waals surface area (Å²) in [4.78, 5) is 8.62. The number of rotatable bonds is 7. The SMILES string of the molecule is CN=C(NCc1ccnc(OC2CCCC2)c1)NCc1ccccc1OC.I. The van der Waals surface area contributed by atoms with Gasteiger partial charge >= 0.3 is 0 Å². The maximum absolute atomic E-state index is 5.98. The summed E-state index contributed by atoms with van der Waals surface area (Å²) in [5.74, 6) is 2.30. The molecular weight excluding hydrogens is 467 g/mol. The molecule has 2 N–H and O–H groups in total. The minimum Gasteiger partial charge on any atom is -0.496 e. The van der Waals surface area contributed by atoms with Crippen molar-refractivity contribution in [1.82, 2.24) is 15.6 Å². The topological polar surface area (TPSA) is 67.8 Å². The lowest BCUT2D eigenvalue weighted by Gasteiger charge is -2.15. The Balaban J connectivity index is 0.00000280. The number of hydrogen-bond donors (Lipinski definition) is 2. The standard InChI is InChI=1S/C21H28N4O2.HI/c1-22-21(25-15-17-7-3-6-10-19(17)26-2)24-14-16-11-12-23-20(13-16)27-18-8-4-5-9-18;/h3,6-7,10-13,18H,4-5,8-9,14-15H2,1-2H3,(H2,22,24,25);1H. The molecule has 1 aliphatic carbocycles. The van der Waals surface area contributed by atoms with E-state index in [-0.39, 0.29) is 24.0 Å². The molecule has 0 amide bonds. The lowest BCUT2D eigenvalue weighted by molar-refractivity contribution is 0.201. The fourth-order valence-electron chi connectivity index (χ4n) is 3.24. The highest BCUT2D eigenvalue weighted by Crippen LogP contribution is 2.23. The fraction of sp³-hybridized carbons (Fsp3) is 0.429. The summed E-state index contributed by atoms with van der Waals surface area (Å²) in [5, 5.41) is 6.65. The molecule has 1 heterocycles. The van der Waals surface area contributed by atoms with Gasteiger partial charge in [0.05, 0.1) is 7.11 Å². The van der Waals surface area contributed by atoms with Gasteiger partial charge in [0, 0.05) is 38.0 Å². The zero-order valence-electron chi connectivity index (χ0n) is 16.5. The minimum atomic E-state index is 0. The summed E-state index contributed by atoms with van der Waals surface area (Å²) in [6, 6.07) is 11.9. The maximum atomic E-state index is 5.98. The van der Waals surface area contributed by atoms with Crippen LogP contribution in [0.3, 0.4) is 0 Å². The number of nitrogens with zero attached hydrogens (tertiary/aromatic N) is 2. The molecule has 1 aromatic heterocycles. The Hall–Kier alpha value is -2.03. The van der Waals surface area contributed by atoms with E-state index in [2.05, 4.69) is 20.6 Å². The van der Waals surface area contributed by atoms with E-state index in [4.69, 9.17) is 9.47 Å². The zero-order chi connectivity index (χ0) is 18.9. The molecule has 1 aromatic carbocycles. The van der Waals surface area contributed by atoms with Crippen LogP contribution in [0, 0.1) is 0 Å². The first-order valence-electron chi connectivity index (χ1n) is 9.46. The van der Waals surface area contributed by atoms with Crippen molar-refractivity contribution in [3.05, 3.63) is 53.7 Å². The lowest BCUT2D eigenvalue weighted by Crippen LogP contribution is -2.36. The number of para-hydroxylation sites is 1. The number of aliphatic imine (C=N–C) groups is 1. The molecule has 28 heavy (non-hydrogen) atoms. The number of nitrogens with one attached hydrogen (secondary N) is 2. The molecule has 1 aliphatic rings. The van der Waals surface area contributed by atoms with Crippen LogP contribution in [0.15, 0.2) is 47.6 Å². The molecule has 0 atom stereocenters. The van der Waals surface area contributed by atoms with Crippen molar-refractivity contribution in [2.45, 2.75) is 44.9 Å². The monoisotopic (exact) mass is 496 g/mol. The molecule has 0 bridgehead atoms. The van der Waals surface area contributed by atoms with Gasteiger partial charge in [-0.3, -0.25) is 4.99 Å². The van der Waals surface area contributed by atoms with Gasteiger partial charge in [0.2, 0.25) is 5.88 Å². The highest BCUT2D eigenvalue weighted by Gasteiger charge is 2.17. The Morgan fingerprint density at radius 2 is 1.89 bits per heavy atom. The molecule has 0 spiro atoms. The molecule has 7 heteroatoms. The normalized spacial score (nSPS) is 14.3. The number of ether oxygens (including phenoxy) is 2. The predicted molar refractivity (Wildman–Crippen MR) is 123 cm³/mol. The van der Waals surface area contributed by atoms with E-state index in [0.717, 1.165) is 35.7 Å². The third kappa shape index (κ3) is 6.54. The minimum absolute atomic E-state index is 0. The van der Waals surface area contributed by atoms with Crippen LogP contribution in [0.25, 0.3) is 0 Å². The number of halogens is 1. The van der Waals surface area contributed by atoms with Crippen LogP contribution in [0.4, 0.5) is 0 Å². The molecule has 1 saturated carbocycles. The van der Waals surface area contributed by atoms with Crippen molar-refractivity contribution in [3.63, 3.8) is 0 Å². The van der Waals surface area contributed by atoms with Gasteiger partial charge in [-0.25, -0.2) is 4.98 Å². The smallest absolute Gasteiger partial charge is 0.213 e. The molecule has 0 radical (unpaired) electrons. The van der Waals surface area contributed by atoms with Gasteiger partial charge in [-0.05, 0) is 43.4 Å². The first kappa shape index (κ1) is 22.3. The Bertz CT molecular complexity index is 764. The molecule has 3 rings (SSSR count). The Labute approximate surface area is 184 Å². The number of aromatic nitrogens is 1. The third-order valence-electron chi connectivity index (χ3n) is 4.71. The molecule has 2 aromatic rings. The van der Waals surface area contributed by atoms with E-state index in [1.165, 1.54) is 12.8 Å². The maximum Gasteiger partial charge on any atom is 0.213 e. The largest absolute Gasteiger partial charge is 0.496 e. The summed E-state index contributed by atoms with van der Waals surface area (Å²) >= 11 is 0. The second-order valence-corrected chi connectivity index (χ2v) is 6.62. The van der Waals surface area contributed by atoms with Crippen molar-refractivity contribution in [1.29, 1.82) is 0 Å². The van der Waals surface area contributed by atoms with Crippen molar-refractivity contribution in [2.24, 2.45) is 4.99 Å². The van der Waals surface area contributed by atoms with Gasteiger partial charge in [0.15, 0.2) is 5.96 Å². The first-order valence-corrected chi connectivity index (χ1v) is 9.46. The van der Waals surface area contributed by atoms with E-state index in [1.54, 1.807) is 20.4 Å². The quantitative estimate of drug-likeness (QED) is 0.346. The highest BCUT2D eigenvalue weighted by molar-refractivity contribution is 14.0.